The first-order chi connectivity index (χ1) is 8.27. The molecule has 1 aromatic heterocycles. The van der Waals surface area contributed by atoms with Crippen molar-refractivity contribution < 1.29 is 9.90 Å². The van der Waals surface area contributed by atoms with E-state index < -0.39 is 12.0 Å². The molecule has 1 unspecified atom stereocenters. The minimum absolute atomic E-state index is 0.322. The number of nitrogens with one attached hydrogen (secondary N) is 1. The topological polar surface area (TPSA) is 62.2 Å². The van der Waals surface area contributed by atoms with Crippen LogP contribution in [0, 0.1) is 0 Å². The summed E-state index contributed by atoms with van der Waals surface area (Å²) in [5, 5.41) is 15.0. The van der Waals surface area contributed by atoms with Gasteiger partial charge in [-0.1, -0.05) is 25.7 Å². The predicted molar refractivity (Wildman–Crippen MR) is 67.1 cm³/mol. The Kier molecular flexibility index (Phi) is 4.50. The van der Waals surface area contributed by atoms with E-state index >= 15 is 0 Å². The third kappa shape index (κ3) is 3.51. The van der Waals surface area contributed by atoms with Crippen molar-refractivity contribution in [3.05, 3.63) is 16.6 Å². The van der Waals surface area contributed by atoms with Crippen LogP contribution in [0.4, 0.5) is 0 Å². The summed E-state index contributed by atoms with van der Waals surface area (Å²) in [4.78, 5) is 15.4. The van der Waals surface area contributed by atoms with Gasteiger partial charge in [0.1, 0.15) is 5.01 Å². The fraction of sp³-hybridized carbons (Fsp3) is 0.667. The zero-order valence-corrected chi connectivity index (χ0v) is 10.6. The molecule has 1 heterocycles. The Morgan fingerprint density at radius 3 is 2.65 bits per heavy atom. The maximum atomic E-state index is 11.3. The van der Waals surface area contributed by atoms with Gasteiger partial charge >= 0.3 is 5.97 Å². The quantitative estimate of drug-likeness (QED) is 0.811. The number of thiazole rings is 1. The van der Waals surface area contributed by atoms with E-state index in [4.69, 9.17) is 0 Å². The van der Waals surface area contributed by atoms with E-state index in [0.29, 0.717) is 11.0 Å². The molecule has 17 heavy (non-hydrogen) atoms. The van der Waals surface area contributed by atoms with Gasteiger partial charge in [0.25, 0.3) is 0 Å². The lowest BCUT2D eigenvalue weighted by atomic mass is 10.1. The molecule has 0 saturated heterocycles. The van der Waals surface area contributed by atoms with Crippen LogP contribution in [0.25, 0.3) is 0 Å². The molecule has 1 aliphatic rings. The monoisotopic (exact) mass is 254 g/mol. The molecule has 2 rings (SSSR count). The zero-order valence-electron chi connectivity index (χ0n) is 9.76. The van der Waals surface area contributed by atoms with Crippen LogP contribution < -0.4 is 5.32 Å². The number of hydrogen-bond donors (Lipinski definition) is 2. The lowest BCUT2D eigenvalue weighted by Gasteiger charge is -2.20. The average Bonchev–Trinajstić information content (AvgIpc) is 2.70. The SMILES string of the molecule is O=C(O)C(NC1CCCCCC1)c1nccs1. The number of carboxylic acids is 1. The Bertz CT molecular complexity index is 345. The molecule has 0 bridgehead atoms. The molecule has 0 amide bonds. The molecule has 0 aromatic carbocycles. The van der Waals surface area contributed by atoms with Gasteiger partial charge in [-0.05, 0) is 12.8 Å². The van der Waals surface area contributed by atoms with Crippen LogP contribution in [0.5, 0.6) is 0 Å². The molecule has 94 valence electrons. The van der Waals surface area contributed by atoms with E-state index in [0.717, 1.165) is 12.8 Å². The first-order valence-electron chi connectivity index (χ1n) is 6.15. The van der Waals surface area contributed by atoms with Gasteiger partial charge in [-0.15, -0.1) is 11.3 Å². The first-order valence-corrected chi connectivity index (χ1v) is 7.03. The van der Waals surface area contributed by atoms with Crippen LogP contribution in [0.1, 0.15) is 49.6 Å². The number of rotatable bonds is 4. The number of hydrogen-bond acceptors (Lipinski definition) is 4. The Hall–Kier alpha value is -0.940. The molecule has 1 fully saturated rings. The Balaban J connectivity index is 2.00. The molecule has 5 heteroatoms. The van der Waals surface area contributed by atoms with Crippen molar-refractivity contribution in [2.75, 3.05) is 0 Å². The van der Waals surface area contributed by atoms with Gasteiger partial charge in [0.05, 0.1) is 0 Å². The highest BCUT2D eigenvalue weighted by Gasteiger charge is 2.25. The largest absolute Gasteiger partial charge is 0.480 e. The predicted octanol–water partition coefficient (Wildman–Crippen LogP) is 2.58. The Morgan fingerprint density at radius 2 is 2.12 bits per heavy atom. The molecule has 1 aliphatic carbocycles. The normalized spacial score (nSPS) is 19.8. The number of carboxylic acid groups (broad SMARTS) is 1. The Morgan fingerprint density at radius 1 is 1.41 bits per heavy atom. The molecule has 1 aromatic rings. The first kappa shape index (κ1) is 12.5. The van der Waals surface area contributed by atoms with E-state index in [1.165, 1.54) is 37.0 Å². The Labute approximate surface area is 105 Å². The molecule has 0 radical (unpaired) electrons. The van der Waals surface area contributed by atoms with Crippen LogP contribution in [-0.4, -0.2) is 22.1 Å². The summed E-state index contributed by atoms with van der Waals surface area (Å²) in [6.07, 6.45) is 8.75. The molecule has 0 spiro atoms. The molecule has 1 saturated carbocycles. The maximum absolute atomic E-state index is 11.3. The van der Waals surface area contributed by atoms with E-state index in [9.17, 15) is 9.90 Å². The van der Waals surface area contributed by atoms with Crippen molar-refractivity contribution in [1.29, 1.82) is 0 Å². The van der Waals surface area contributed by atoms with Crippen LogP contribution in [0.15, 0.2) is 11.6 Å². The number of aromatic nitrogens is 1. The summed E-state index contributed by atoms with van der Waals surface area (Å²) >= 11 is 1.40. The summed E-state index contributed by atoms with van der Waals surface area (Å²) < 4.78 is 0. The van der Waals surface area contributed by atoms with Crippen molar-refractivity contribution in [3.63, 3.8) is 0 Å². The van der Waals surface area contributed by atoms with Crippen LogP contribution in [0.3, 0.4) is 0 Å². The van der Waals surface area contributed by atoms with Crippen molar-refractivity contribution in [3.8, 4) is 0 Å². The van der Waals surface area contributed by atoms with Crippen molar-refractivity contribution >= 4 is 17.3 Å². The molecular formula is C12H18N2O2S. The van der Waals surface area contributed by atoms with Gasteiger partial charge in [-0.3, -0.25) is 10.1 Å². The highest BCUT2D eigenvalue weighted by molar-refractivity contribution is 7.09. The second-order valence-electron chi connectivity index (χ2n) is 4.50. The number of aliphatic carboxylic acids is 1. The fourth-order valence-corrected chi connectivity index (χ4v) is 2.99. The third-order valence-electron chi connectivity index (χ3n) is 3.20. The molecule has 2 N–H and O–H groups in total. The lowest BCUT2D eigenvalue weighted by Crippen LogP contribution is -2.36. The summed E-state index contributed by atoms with van der Waals surface area (Å²) in [5.74, 6) is -0.829. The summed E-state index contributed by atoms with van der Waals surface area (Å²) in [7, 11) is 0. The molecular weight excluding hydrogens is 236 g/mol. The highest BCUT2D eigenvalue weighted by Crippen LogP contribution is 2.22. The molecule has 4 nitrogen and oxygen atoms in total. The van der Waals surface area contributed by atoms with Crippen molar-refractivity contribution in [2.24, 2.45) is 0 Å². The second-order valence-corrected chi connectivity index (χ2v) is 5.42. The minimum atomic E-state index is -0.829. The number of nitrogens with zero attached hydrogens (tertiary/aromatic N) is 1. The smallest absolute Gasteiger partial charge is 0.327 e. The summed E-state index contributed by atoms with van der Waals surface area (Å²) in [6, 6.07) is -0.319. The molecule has 0 aliphatic heterocycles. The van der Waals surface area contributed by atoms with Crippen molar-refractivity contribution in [1.82, 2.24) is 10.3 Å². The van der Waals surface area contributed by atoms with Gasteiger partial charge in [-0.25, -0.2) is 4.98 Å². The fourth-order valence-electron chi connectivity index (χ4n) is 2.31. The van der Waals surface area contributed by atoms with Crippen LogP contribution in [0.2, 0.25) is 0 Å². The van der Waals surface area contributed by atoms with E-state index in [1.54, 1.807) is 6.20 Å². The van der Waals surface area contributed by atoms with E-state index in [2.05, 4.69) is 10.3 Å². The molecule has 1 atom stereocenters. The standard InChI is InChI=1S/C12H18N2O2S/c15-12(16)10(11-13-7-8-17-11)14-9-5-3-1-2-4-6-9/h7-10,14H,1-6H2,(H,15,16). The highest BCUT2D eigenvalue weighted by atomic mass is 32.1. The van der Waals surface area contributed by atoms with E-state index in [1.807, 2.05) is 5.38 Å². The van der Waals surface area contributed by atoms with Gasteiger partial charge in [0.15, 0.2) is 6.04 Å². The van der Waals surface area contributed by atoms with Gasteiger partial charge in [0.2, 0.25) is 0 Å². The van der Waals surface area contributed by atoms with Gasteiger partial charge < -0.3 is 5.11 Å². The summed E-state index contributed by atoms with van der Waals surface area (Å²) in [5.41, 5.74) is 0. The van der Waals surface area contributed by atoms with Gasteiger partial charge in [0, 0.05) is 17.6 Å². The van der Waals surface area contributed by atoms with Gasteiger partial charge in [-0.2, -0.15) is 0 Å². The average molecular weight is 254 g/mol. The van der Waals surface area contributed by atoms with E-state index in [-0.39, 0.29) is 0 Å². The van der Waals surface area contributed by atoms with Crippen LogP contribution in [-0.2, 0) is 4.79 Å². The lowest BCUT2D eigenvalue weighted by molar-refractivity contribution is -0.140. The maximum Gasteiger partial charge on any atom is 0.327 e. The minimum Gasteiger partial charge on any atom is -0.480 e. The van der Waals surface area contributed by atoms with Crippen molar-refractivity contribution in [2.45, 2.75) is 50.6 Å². The third-order valence-corrected chi connectivity index (χ3v) is 4.04. The summed E-state index contributed by atoms with van der Waals surface area (Å²) in [6.45, 7) is 0. The number of carbonyl (C=O) groups is 1. The zero-order chi connectivity index (χ0) is 12.1. The van der Waals surface area contributed by atoms with Crippen LogP contribution >= 0.6 is 11.3 Å². The second kappa shape index (κ2) is 6.12.